The van der Waals surface area contributed by atoms with Gasteiger partial charge in [0.1, 0.15) is 5.03 Å². The summed E-state index contributed by atoms with van der Waals surface area (Å²) in [6.45, 7) is 3.22. The van der Waals surface area contributed by atoms with Gasteiger partial charge in [0.25, 0.3) is 0 Å². The van der Waals surface area contributed by atoms with Crippen LogP contribution in [0.25, 0.3) is 0 Å². The van der Waals surface area contributed by atoms with Crippen LogP contribution in [0.3, 0.4) is 0 Å². The Balaban J connectivity index is 2.00. The number of aromatic nitrogens is 2. The maximum Gasteiger partial charge on any atom is 0.119 e. The summed E-state index contributed by atoms with van der Waals surface area (Å²) in [5, 5.41) is 10.2. The Kier molecular flexibility index (Phi) is 4.76. The molecule has 94 valence electrons. The van der Waals surface area contributed by atoms with Gasteiger partial charge in [-0.3, -0.25) is 9.88 Å². The van der Waals surface area contributed by atoms with E-state index in [-0.39, 0.29) is 0 Å². The van der Waals surface area contributed by atoms with E-state index in [9.17, 15) is 5.11 Å². The second-order valence-corrected chi connectivity index (χ2v) is 5.23. The van der Waals surface area contributed by atoms with E-state index in [2.05, 4.69) is 14.9 Å². The normalized spacial score (nSPS) is 21.6. The first-order valence-electron chi connectivity index (χ1n) is 6.00. The topological polar surface area (TPSA) is 49.2 Å². The van der Waals surface area contributed by atoms with Gasteiger partial charge >= 0.3 is 0 Å². The first kappa shape index (κ1) is 12.8. The fourth-order valence-electron chi connectivity index (χ4n) is 2.29. The molecule has 1 fully saturated rings. The van der Waals surface area contributed by atoms with Gasteiger partial charge in [-0.15, -0.1) is 11.8 Å². The van der Waals surface area contributed by atoms with Gasteiger partial charge in [-0.1, -0.05) is 0 Å². The third-order valence-electron chi connectivity index (χ3n) is 3.16. The third kappa shape index (κ3) is 3.40. The first-order chi connectivity index (χ1) is 8.33. The van der Waals surface area contributed by atoms with Crippen LogP contribution in [0, 0.1) is 5.92 Å². The molecule has 0 bridgehead atoms. The van der Waals surface area contributed by atoms with Crippen molar-refractivity contribution in [3.63, 3.8) is 0 Å². The van der Waals surface area contributed by atoms with Crippen LogP contribution >= 0.6 is 11.8 Å². The molecule has 1 aliphatic rings. The summed E-state index contributed by atoms with van der Waals surface area (Å²) in [5.41, 5.74) is 1.05. The highest BCUT2D eigenvalue weighted by molar-refractivity contribution is 7.98. The van der Waals surface area contributed by atoms with Crippen LogP contribution in [0.2, 0.25) is 0 Å². The Morgan fingerprint density at radius 3 is 3.06 bits per heavy atom. The molecule has 1 aromatic rings. The van der Waals surface area contributed by atoms with E-state index in [1.54, 1.807) is 24.2 Å². The Morgan fingerprint density at radius 1 is 1.47 bits per heavy atom. The number of likely N-dealkylation sites (tertiary alicyclic amines) is 1. The highest BCUT2D eigenvalue weighted by Gasteiger charge is 2.20. The number of hydrogen-bond donors (Lipinski definition) is 1. The van der Waals surface area contributed by atoms with Crippen LogP contribution in [0.5, 0.6) is 0 Å². The van der Waals surface area contributed by atoms with Crippen molar-refractivity contribution in [2.24, 2.45) is 5.92 Å². The summed E-state index contributed by atoms with van der Waals surface area (Å²) in [6, 6.07) is 0. The summed E-state index contributed by atoms with van der Waals surface area (Å²) < 4.78 is 0. The van der Waals surface area contributed by atoms with Crippen LogP contribution in [0.15, 0.2) is 17.4 Å². The van der Waals surface area contributed by atoms with Crippen molar-refractivity contribution in [1.82, 2.24) is 14.9 Å². The predicted molar refractivity (Wildman–Crippen MR) is 68.9 cm³/mol. The zero-order chi connectivity index (χ0) is 12.1. The molecule has 0 unspecified atom stereocenters. The van der Waals surface area contributed by atoms with Gasteiger partial charge in [-0.05, 0) is 31.6 Å². The van der Waals surface area contributed by atoms with Crippen molar-refractivity contribution >= 4 is 11.8 Å². The van der Waals surface area contributed by atoms with Crippen molar-refractivity contribution in [2.75, 3.05) is 26.0 Å². The summed E-state index contributed by atoms with van der Waals surface area (Å²) in [5.74, 6) is 0.429. The lowest BCUT2D eigenvalue weighted by atomic mass is 9.99. The third-order valence-corrected chi connectivity index (χ3v) is 3.89. The fourth-order valence-corrected chi connectivity index (χ4v) is 2.81. The molecule has 2 heterocycles. The molecule has 0 saturated carbocycles. The van der Waals surface area contributed by atoms with Gasteiger partial charge in [-0.2, -0.15) is 0 Å². The predicted octanol–water partition coefficient (Wildman–Crippen LogP) is 1.40. The summed E-state index contributed by atoms with van der Waals surface area (Å²) >= 11 is 1.64. The SMILES string of the molecule is CSc1nccnc1CN1CCC[C@H](CO)C1. The average molecular weight is 253 g/mol. The molecule has 0 spiro atoms. The lowest BCUT2D eigenvalue weighted by Crippen LogP contribution is -2.36. The molecular weight excluding hydrogens is 234 g/mol. The van der Waals surface area contributed by atoms with E-state index in [0.717, 1.165) is 36.8 Å². The van der Waals surface area contributed by atoms with Crippen molar-refractivity contribution in [3.05, 3.63) is 18.1 Å². The number of rotatable bonds is 4. The van der Waals surface area contributed by atoms with E-state index in [1.807, 2.05) is 6.26 Å². The summed E-state index contributed by atoms with van der Waals surface area (Å²) in [6.07, 6.45) is 7.83. The van der Waals surface area contributed by atoms with E-state index in [0.29, 0.717) is 12.5 Å². The Bertz CT molecular complexity index is 361. The lowest BCUT2D eigenvalue weighted by Gasteiger charge is -2.31. The Morgan fingerprint density at radius 2 is 2.29 bits per heavy atom. The van der Waals surface area contributed by atoms with Gasteiger partial charge in [0.05, 0.1) is 5.69 Å². The highest BCUT2D eigenvalue weighted by atomic mass is 32.2. The van der Waals surface area contributed by atoms with E-state index < -0.39 is 0 Å². The smallest absolute Gasteiger partial charge is 0.119 e. The molecule has 1 aliphatic heterocycles. The second kappa shape index (κ2) is 6.33. The molecule has 0 aliphatic carbocycles. The molecule has 0 aromatic carbocycles. The molecule has 4 nitrogen and oxygen atoms in total. The van der Waals surface area contributed by atoms with Crippen LogP contribution in [-0.4, -0.2) is 45.9 Å². The second-order valence-electron chi connectivity index (χ2n) is 4.44. The number of aliphatic hydroxyl groups is 1. The molecule has 5 heteroatoms. The van der Waals surface area contributed by atoms with Crippen molar-refractivity contribution in [1.29, 1.82) is 0 Å². The van der Waals surface area contributed by atoms with Crippen LogP contribution < -0.4 is 0 Å². The lowest BCUT2D eigenvalue weighted by molar-refractivity contribution is 0.114. The van der Waals surface area contributed by atoms with E-state index in [1.165, 1.54) is 6.42 Å². The maximum atomic E-state index is 9.22. The minimum Gasteiger partial charge on any atom is -0.396 e. The van der Waals surface area contributed by atoms with Crippen LogP contribution in [0.1, 0.15) is 18.5 Å². The van der Waals surface area contributed by atoms with E-state index in [4.69, 9.17) is 0 Å². The molecular formula is C12H19N3OS. The molecule has 1 aromatic heterocycles. The molecule has 0 amide bonds. The number of aliphatic hydroxyl groups excluding tert-OH is 1. The van der Waals surface area contributed by atoms with Crippen LogP contribution in [0.4, 0.5) is 0 Å². The number of piperidine rings is 1. The van der Waals surface area contributed by atoms with Gasteiger partial charge in [0.2, 0.25) is 0 Å². The highest BCUT2D eigenvalue weighted by Crippen LogP contribution is 2.21. The van der Waals surface area contributed by atoms with Gasteiger partial charge in [0, 0.05) is 32.1 Å². The van der Waals surface area contributed by atoms with Gasteiger partial charge in [-0.25, -0.2) is 4.98 Å². The minimum atomic E-state index is 0.298. The monoisotopic (exact) mass is 253 g/mol. The average Bonchev–Trinajstić information content (AvgIpc) is 2.39. The summed E-state index contributed by atoms with van der Waals surface area (Å²) in [4.78, 5) is 11.1. The fraction of sp³-hybridized carbons (Fsp3) is 0.667. The molecule has 1 N–H and O–H groups in total. The number of nitrogens with zero attached hydrogens (tertiary/aromatic N) is 3. The molecule has 1 atom stereocenters. The zero-order valence-electron chi connectivity index (χ0n) is 10.2. The van der Waals surface area contributed by atoms with E-state index >= 15 is 0 Å². The Hall–Kier alpha value is -0.650. The quantitative estimate of drug-likeness (QED) is 0.822. The minimum absolute atomic E-state index is 0.298. The molecule has 17 heavy (non-hydrogen) atoms. The number of thioether (sulfide) groups is 1. The largest absolute Gasteiger partial charge is 0.396 e. The molecule has 0 radical (unpaired) electrons. The van der Waals surface area contributed by atoms with Crippen molar-refractivity contribution < 1.29 is 5.11 Å². The standard InChI is InChI=1S/C12H19N3OS/c1-17-12-11(13-4-5-14-12)8-15-6-2-3-10(7-15)9-16/h4-5,10,16H,2-3,6-9H2,1H3/t10-/m0/s1. The summed E-state index contributed by atoms with van der Waals surface area (Å²) in [7, 11) is 0. The number of hydrogen-bond acceptors (Lipinski definition) is 5. The van der Waals surface area contributed by atoms with Gasteiger partial charge < -0.3 is 5.11 Å². The van der Waals surface area contributed by atoms with Crippen LogP contribution in [-0.2, 0) is 6.54 Å². The molecule has 1 saturated heterocycles. The van der Waals surface area contributed by atoms with Crippen molar-refractivity contribution in [3.8, 4) is 0 Å². The molecule has 2 rings (SSSR count). The maximum absolute atomic E-state index is 9.22. The van der Waals surface area contributed by atoms with Gasteiger partial charge in [0.15, 0.2) is 0 Å². The first-order valence-corrected chi connectivity index (χ1v) is 7.23. The van der Waals surface area contributed by atoms with Crippen molar-refractivity contribution in [2.45, 2.75) is 24.4 Å². The zero-order valence-corrected chi connectivity index (χ0v) is 11.0. The Labute approximate surface area is 106 Å².